The molecule has 0 N–H and O–H groups in total. The molecule has 0 saturated heterocycles. The molecule has 1 atom stereocenters. The highest BCUT2D eigenvalue weighted by molar-refractivity contribution is 7.07. The Morgan fingerprint density at radius 3 is 2.62 bits per heavy atom. The summed E-state index contributed by atoms with van der Waals surface area (Å²) in [7, 11) is 1.29. The Bertz CT molecular complexity index is 1800. The standard InChI is InChI=1S/C29H24Cl2N2O6S/c1-4-37-22-11-9-16(13-23(22)38-5-2)26-19(28(35)36-3)15-32-29-33(26)27(34)24(40-29)14-17-10-12-21(39-17)18-7-6-8-20(30)25(18)31/h6-15,26H,4-5H2,1-3H3/b24-14+/t26-/m1/s1. The van der Waals surface area contributed by atoms with Crippen molar-refractivity contribution < 1.29 is 23.4 Å². The van der Waals surface area contributed by atoms with Crippen LogP contribution >= 0.6 is 34.5 Å². The number of thiazole rings is 1. The van der Waals surface area contributed by atoms with Crippen LogP contribution in [0.5, 0.6) is 11.5 Å². The summed E-state index contributed by atoms with van der Waals surface area (Å²) < 4.78 is 24.3. The van der Waals surface area contributed by atoms with Gasteiger partial charge in [0.25, 0.3) is 5.56 Å². The number of carbonyl (C=O) groups is 1. The highest BCUT2D eigenvalue weighted by Crippen LogP contribution is 2.36. The van der Waals surface area contributed by atoms with Crippen LogP contribution in [-0.2, 0) is 9.53 Å². The lowest BCUT2D eigenvalue weighted by molar-refractivity contribution is -0.136. The molecule has 0 unspecified atom stereocenters. The van der Waals surface area contributed by atoms with Crippen molar-refractivity contribution in [2.45, 2.75) is 19.9 Å². The van der Waals surface area contributed by atoms with Crippen LogP contribution in [0.3, 0.4) is 0 Å². The fraction of sp³-hybridized carbons (Fsp3) is 0.207. The van der Waals surface area contributed by atoms with Gasteiger partial charge in [-0.3, -0.25) is 9.36 Å². The number of rotatable bonds is 8. The summed E-state index contributed by atoms with van der Waals surface area (Å²) >= 11 is 13.7. The third kappa shape index (κ3) is 5.20. The van der Waals surface area contributed by atoms with Gasteiger partial charge in [-0.25, -0.2) is 9.79 Å². The van der Waals surface area contributed by atoms with Gasteiger partial charge in [-0.15, -0.1) is 0 Å². The average Bonchev–Trinajstić information content (AvgIpc) is 3.55. The fourth-order valence-electron chi connectivity index (χ4n) is 4.39. The smallest absolute Gasteiger partial charge is 0.337 e. The first-order valence-corrected chi connectivity index (χ1v) is 14.0. The van der Waals surface area contributed by atoms with Gasteiger partial charge in [0, 0.05) is 17.8 Å². The predicted molar refractivity (Wildman–Crippen MR) is 154 cm³/mol. The maximum Gasteiger partial charge on any atom is 0.337 e. The Morgan fingerprint density at radius 2 is 1.88 bits per heavy atom. The van der Waals surface area contributed by atoms with Crippen LogP contribution < -0.4 is 24.4 Å². The first-order chi connectivity index (χ1) is 19.4. The van der Waals surface area contributed by atoms with Crippen molar-refractivity contribution in [3.63, 3.8) is 0 Å². The van der Waals surface area contributed by atoms with Crippen molar-refractivity contribution in [3.05, 3.63) is 101 Å². The van der Waals surface area contributed by atoms with E-state index in [1.165, 1.54) is 29.2 Å². The maximum absolute atomic E-state index is 13.8. The zero-order chi connectivity index (χ0) is 28.4. The van der Waals surface area contributed by atoms with Gasteiger partial charge < -0.3 is 18.6 Å². The molecule has 0 fully saturated rings. The Balaban J connectivity index is 1.62. The molecule has 2 aromatic heterocycles. The van der Waals surface area contributed by atoms with Crippen molar-refractivity contribution in [1.82, 2.24) is 4.57 Å². The molecule has 5 rings (SSSR count). The van der Waals surface area contributed by atoms with E-state index >= 15 is 0 Å². The van der Waals surface area contributed by atoms with Gasteiger partial charge in [0.05, 0.1) is 46.5 Å². The molecule has 0 amide bonds. The first-order valence-electron chi connectivity index (χ1n) is 12.4. The summed E-state index contributed by atoms with van der Waals surface area (Å²) in [5.41, 5.74) is 1.15. The van der Waals surface area contributed by atoms with Gasteiger partial charge in [0.2, 0.25) is 0 Å². The average molecular weight is 599 g/mol. The number of methoxy groups -OCH3 is 1. The number of benzene rings is 2. The highest BCUT2D eigenvalue weighted by Gasteiger charge is 2.31. The molecule has 0 radical (unpaired) electrons. The van der Waals surface area contributed by atoms with Gasteiger partial charge >= 0.3 is 5.97 Å². The van der Waals surface area contributed by atoms with Gasteiger partial charge in [-0.2, -0.15) is 0 Å². The summed E-state index contributed by atoms with van der Waals surface area (Å²) in [4.78, 5) is 31.4. The first kappa shape index (κ1) is 27.8. The third-order valence-corrected chi connectivity index (χ3v) is 7.94. The van der Waals surface area contributed by atoms with E-state index in [0.717, 1.165) is 0 Å². The molecular weight excluding hydrogens is 575 g/mol. The molecule has 8 nitrogen and oxygen atoms in total. The van der Waals surface area contributed by atoms with Crippen molar-refractivity contribution in [2.75, 3.05) is 20.3 Å². The molecule has 40 heavy (non-hydrogen) atoms. The fourth-order valence-corrected chi connectivity index (χ4v) is 5.73. The van der Waals surface area contributed by atoms with E-state index < -0.39 is 12.0 Å². The van der Waals surface area contributed by atoms with Crippen molar-refractivity contribution in [3.8, 4) is 22.8 Å². The number of aromatic nitrogens is 1. The van der Waals surface area contributed by atoms with Crippen LogP contribution in [0.15, 0.2) is 74.5 Å². The number of fused-ring (bicyclic) bond motifs is 1. The van der Waals surface area contributed by atoms with Crippen LogP contribution in [0.1, 0.15) is 31.2 Å². The number of nitrogens with zero attached hydrogens (tertiary/aromatic N) is 2. The van der Waals surface area contributed by atoms with Crippen molar-refractivity contribution in [2.24, 2.45) is 4.99 Å². The summed E-state index contributed by atoms with van der Waals surface area (Å²) in [6.07, 6.45) is 3.07. The van der Waals surface area contributed by atoms with E-state index in [4.69, 9.17) is 41.8 Å². The van der Waals surface area contributed by atoms with E-state index in [-0.39, 0.29) is 11.1 Å². The summed E-state index contributed by atoms with van der Waals surface area (Å²) in [6.45, 7) is 4.62. The summed E-state index contributed by atoms with van der Waals surface area (Å²) in [5, 5.41) is 0.787. The number of esters is 1. The van der Waals surface area contributed by atoms with Crippen LogP contribution in [0.25, 0.3) is 17.4 Å². The van der Waals surface area contributed by atoms with Gasteiger partial charge in [0.1, 0.15) is 11.5 Å². The van der Waals surface area contributed by atoms with E-state index in [2.05, 4.69) is 4.99 Å². The van der Waals surface area contributed by atoms with Gasteiger partial charge in [-0.05, 0) is 55.8 Å². The normalized spacial score (nSPS) is 14.8. The van der Waals surface area contributed by atoms with Crippen LogP contribution in [0, 0.1) is 0 Å². The maximum atomic E-state index is 13.8. The summed E-state index contributed by atoms with van der Waals surface area (Å²) in [5.74, 6) is 1.43. The minimum Gasteiger partial charge on any atom is -0.490 e. The number of hydrogen-bond acceptors (Lipinski definition) is 8. The van der Waals surface area contributed by atoms with Crippen molar-refractivity contribution in [1.29, 1.82) is 0 Å². The number of hydrogen-bond donors (Lipinski definition) is 0. The highest BCUT2D eigenvalue weighted by atomic mass is 35.5. The SMILES string of the molecule is CCOc1ccc([C@@H]2C(C(=O)OC)=CN=c3s/c(=C/c4ccc(-c5cccc(Cl)c5Cl)o4)c(=O)n32)cc1OCC. The molecule has 3 heterocycles. The second-order valence-corrected chi connectivity index (χ2v) is 10.3. The molecule has 1 aliphatic rings. The zero-order valence-corrected chi connectivity index (χ0v) is 24.1. The molecule has 0 aliphatic carbocycles. The van der Waals surface area contributed by atoms with Crippen molar-refractivity contribution >= 4 is 46.6 Å². The number of ether oxygens (including phenoxy) is 3. The Hall–Kier alpha value is -3.79. The molecule has 4 aromatic rings. The van der Waals surface area contributed by atoms with E-state index in [0.29, 0.717) is 66.7 Å². The lowest BCUT2D eigenvalue weighted by Crippen LogP contribution is -2.39. The molecule has 206 valence electrons. The molecule has 1 aliphatic heterocycles. The molecule has 0 saturated carbocycles. The minimum atomic E-state index is -0.793. The number of carbonyl (C=O) groups excluding carboxylic acids is 1. The Morgan fingerprint density at radius 1 is 1.10 bits per heavy atom. The Labute approximate surface area is 243 Å². The summed E-state index contributed by atoms with van der Waals surface area (Å²) in [6, 6.07) is 13.3. The molecule has 0 bridgehead atoms. The molecular formula is C29H24Cl2N2O6S. The van der Waals surface area contributed by atoms with E-state index in [1.807, 2.05) is 13.8 Å². The van der Waals surface area contributed by atoms with E-state index in [1.54, 1.807) is 54.6 Å². The number of furan rings is 1. The van der Waals surface area contributed by atoms with Crippen LogP contribution in [-0.4, -0.2) is 30.9 Å². The quantitative estimate of drug-likeness (QED) is 0.253. The van der Waals surface area contributed by atoms with Gasteiger partial charge in [0.15, 0.2) is 16.3 Å². The zero-order valence-electron chi connectivity index (χ0n) is 21.8. The third-order valence-electron chi connectivity index (χ3n) is 6.13. The second-order valence-electron chi connectivity index (χ2n) is 8.55. The second kappa shape index (κ2) is 11.8. The molecule has 11 heteroatoms. The molecule has 0 spiro atoms. The lowest BCUT2D eigenvalue weighted by Gasteiger charge is -2.23. The van der Waals surface area contributed by atoms with E-state index in [9.17, 15) is 9.59 Å². The monoisotopic (exact) mass is 598 g/mol. The Kier molecular flexibility index (Phi) is 8.16. The molecule has 2 aromatic carbocycles. The van der Waals surface area contributed by atoms with Crippen LogP contribution in [0.2, 0.25) is 10.0 Å². The van der Waals surface area contributed by atoms with Gasteiger partial charge in [-0.1, -0.05) is 46.7 Å². The topological polar surface area (TPSA) is 92.3 Å². The largest absolute Gasteiger partial charge is 0.490 e. The predicted octanol–water partition coefficient (Wildman–Crippen LogP) is 5.38. The lowest BCUT2D eigenvalue weighted by atomic mass is 9.97. The van der Waals surface area contributed by atoms with Crippen LogP contribution in [0.4, 0.5) is 0 Å². The minimum absolute atomic E-state index is 0.212. The number of halogens is 2.